The van der Waals surface area contributed by atoms with Crippen LogP contribution in [0.25, 0.3) is 0 Å². The summed E-state index contributed by atoms with van der Waals surface area (Å²) in [5, 5.41) is 0. The number of carbonyl (C=O) groups excluding carboxylic acids is 1. The van der Waals surface area contributed by atoms with Crippen LogP contribution in [0.4, 0.5) is 0 Å². The Hall–Kier alpha value is 0.340. The van der Waals surface area contributed by atoms with Gasteiger partial charge in [-0.05, 0) is 34.7 Å². The second kappa shape index (κ2) is 5.54. The molecule has 0 saturated heterocycles. The van der Waals surface area contributed by atoms with Gasteiger partial charge in [-0.3, -0.25) is 4.79 Å². The third-order valence-corrected chi connectivity index (χ3v) is 7.78. The first-order valence-electron chi connectivity index (χ1n) is 4.63. The van der Waals surface area contributed by atoms with Crippen LogP contribution < -0.4 is 0 Å². The molecule has 0 N–H and O–H groups in total. The SMILES string of the molecule is CCS(=O)(=O)[C@](Cl)(I)C(=O)c1ccc(Br)cc1. The Bertz CT molecular complexity index is 525. The summed E-state index contributed by atoms with van der Waals surface area (Å²) in [5.41, 5.74) is 0.273. The van der Waals surface area contributed by atoms with E-state index in [2.05, 4.69) is 15.9 Å². The van der Waals surface area contributed by atoms with E-state index in [-0.39, 0.29) is 11.3 Å². The van der Waals surface area contributed by atoms with Gasteiger partial charge in [0.15, 0.2) is 9.84 Å². The molecule has 0 bridgehead atoms. The zero-order valence-corrected chi connectivity index (χ0v) is 14.1. The van der Waals surface area contributed by atoms with Gasteiger partial charge >= 0.3 is 0 Å². The Kier molecular flexibility index (Phi) is 5.02. The molecular weight excluding hydrogens is 442 g/mol. The van der Waals surface area contributed by atoms with E-state index < -0.39 is 17.8 Å². The normalized spacial score (nSPS) is 15.3. The van der Waals surface area contributed by atoms with Gasteiger partial charge in [-0.1, -0.05) is 46.6 Å². The van der Waals surface area contributed by atoms with E-state index in [0.717, 1.165) is 4.47 Å². The minimum Gasteiger partial charge on any atom is -0.290 e. The number of hydrogen-bond acceptors (Lipinski definition) is 3. The molecule has 94 valence electrons. The molecule has 0 amide bonds. The quantitative estimate of drug-likeness (QED) is 0.401. The molecule has 0 aliphatic carbocycles. The smallest absolute Gasteiger partial charge is 0.257 e. The summed E-state index contributed by atoms with van der Waals surface area (Å²) in [6.45, 7) is 1.46. The van der Waals surface area contributed by atoms with Crippen LogP contribution in [0.3, 0.4) is 0 Å². The summed E-state index contributed by atoms with van der Waals surface area (Å²) < 4.78 is 22.3. The van der Waals surface area contributed by atoms with Gasteiger partial charge in [-0.2, -0.15) is 0 Å². The zero-order valence-electron chi connectivity index (χ0n) is 8.78. The van der Waals surface area contributed by atoms with Crippen molar-refractivity contribution in [2.45, 2.75) is 9.14 Å². The van der Waals surface area contributed by atoms with Crippen molar-refractivity contribution < 1.29 is 13.2 Å². The molecule has 1 aromatic carbocycles. The molecule has 7 heteroatoms. The van der Waals surface area contributed by atoms with Crippen molar-refractivity contribution in [3.05, 3.63) is 34.3 Å². The third-order valence-electron chi connectivity index (χ3n) is 2.14. The van der Waals surface area contributed by atoms with Gasteiger partial charge < -0.3 is 0 Å². The van der Waals surface area contributed by atoms with Crippen molar-refractivity contribution in [3.8, 4) is 0 Å². The Morgan fingerprint density at radius 3 is 2.29 bits per heavy atom. The van der Waals surface area contributed by atoms with E-state index in [4.69, 9.17) is 11.6 Å². The Labute approximate surface area is 127 Å². The highest BCUT2D eigenvalue weighted by Crippen LogP contribution is 2.35. The zero-order chi connectivity index (χ0) is 13.3. The predicted molar refractivity (Wildman–Crippen MR) is 80.5 cm³/mol. The van der Waals surface area contributed by atoms with Crippen LogP contribution in [0.5, 0.6) is 0 Å². The average molecular weight is 452 g/mol. The number of ketones is 1. The first-order valence-corrected chi connectivity index (χ1v) is 8.53. The molecule has 3 nitrogen and oxygen atoms in total. The number of alkyl halides is 2. The van der Waals surface area contributed by atoms with Crippen molar-refractivity contribution in [1.82, 2.24) is 0 Å². The third kappa shape index (κ3) is 3.21. The Morgan fingerprint density at radius 2 is 1.88 bits per heavy atom. The molecule has 0 aliphatic heterocycles. The molecule has 0 unspecified atom stereocenters. The number of Topliss-reactive ketones (excluding diaryl/α,β-unsaturated/α-hetero) is 1. The van der Waals surface area contributed by atoms with Crippen LogP contribution in [-0.2, 0) is 9.84 Å². The van der Waals surface area contributed by atoms with Crippen LogP contribution in [0.1, 0.15) is 17.3 Å². The molecule has 1 aromatic rings. The Balaban J connectivity index is 3.18. The molecule has 0 radical (unpaired) electrons. The van der Waals surface area contributed by atoms with Crippen molar-refractivity contribution >= 4 is 65.7 Å². The molecule has 1 atom stereocenters. The fourth-order valence-electron chi connectivity index (χ4n) is 1.09. The Morgan fingerprint density at radius 1 is 1.41 bits per heavy atom. The van der Waals surface area contributed by atoms with Gasteiger partial charge in [0.1, 0.15) is 0 Å². The number of benzene rings is 1. The first kappa shape index (κ1) is 15.4. The molecular formula is C10H9BrClIO3S. The van der Waals surface area contributed by atoms with Crippen LogP contribution in [0.2, 0.25) is 0 Å². The lowest BCUT2D eigenvalue weighted by atomic mass is 10.1. The number of halogens is 3. The van der Waals surface area contributed by atoms with Gasteiger partial charge in [0, 0.05) is 10.0 Å². The van der Waals surface area contributed by atoms with E-state index in [0.29, 0.717) is 0 Å². The minimum atomic E-state index is -3.66. The monoisotopic (exact) mass is 450 g/mol. The van der Waals surface area contributed by atoms with Crippen molar-refractivity contribution in [2.75, 3.05) is 5.75 Å². The van der Waals surface area contributed by atoms with Crippen LogP contribution >= 0.6 is 50.1 Å². The fraction of sp³-hybridized carbons (Fsp3) is 0.300. The molecule has 17 heavy (non-hydrogen) atoms. The number of hydrogen-bond donors (Lipinski definition) is 0. The first-order chi connectivity index (χ1) is 7.72. The predicted octanol–water partition coefficient (Wildman–Crippen LogP) is 3.39. The molecule has 1 rings (SSSR count). The number of rotatable bonds is 4. The minimum absolute atomic E-state index is 0.179. The second-order valence-electron chi connectivity index (χ2n) is 3.26. The summed E-state index contributed by atoms with van der Waals surface area (Å²) in [6.07, 6.45) is 0. The second-order valence-corrected chi connectivity index (χ2v) is 10.4. The molecule has 0 heterocycles. The van der Waals surface area contributed by atoms with Crippen LogP contribution in [-0.4, -0.2) is 22.2 Å². The van der Waals surface area contributed by atoms with Crippen LogP contribution in [0, 0.1) is 0 Å². The highest BCUT2D eigenvalue weighted by molar-refractivity contribution is 14.1. The highest BCUT2D eigenvalue weighted by Gasteiger charge is 2.45. The van der Waals surface area contributed by atoms with E-state index in [1.165, 1.54) is 41.6 Å². The standard InChI is InChI=1S/C10H9BrClIO3S/c1-2-17(15,16)10(12,13)9(14)7-3-5-8(11)6-4-7/h3-6H,2H2,1H3/t10-/m1/s1. The molecule has 0 saturated carbocycles. The van der Waals surface area contributed by atoms with E-state index >= 15 is 0 Å². The van der Waals surface area contributed by atoms with Crippen molar-refractivity contribution in [2.24, 2.45) is 0 Å². The lowest BCUT2D eigenvalue weighted by Crippen LogP contribution is -2.36. The molecule has 0 fully saturated rings. The van der Waals surface area contributed by atoms with E-state index in [1.54, 1.807) is 12.1 Å². The van der Waals surface area contributed by atoms with Crippen LogP contribution in [0.15, 0.2) is 28.7 Å². The number of sulfone groups is 1. The highest BCUT2D eigenvalue weighted by atomic mass is 127. The summed E-state index contributed by atoms with van der Waals surface area (Å²) in [6, 6.07) is 6.39. The molecule has 0 aliphatic rings. The lowest BCUT2D eigenvalue weighted by Gasteiger charge is -2.18. The summed E-state index contributed by atoms with van der Waals surface area (Å²) >= 11 is 10.6. The maximum absolute atomic E-state index is 12.0. The average Bonchev–Trinajstić information content (AvgIpc) is 2.28. The fourth-order valence-corrected chi connectivity index (χ4v) is 3.80. The van der Waals surface area contributed by atoms with Crippen molar-refractivity contribution in [1.29, 1.82) is 0 Å². The topological polar surface area (TPSA) is 51.2 Å². The van der Waals surface area contributed by atoms with Gasteiger partial charge in [-0.25, -0.2) is 8.42 Å². The largest absolute Gasteiger partial charge is 0.290 e. The maximum Gasteiger partial charge on any atom is 0.257 e. The number of carbonyl (C=O) groups is 1. The van der Waals surface area contributed by atoms with E-state index in [1.807, 2.05) is 0 Å². The molecule has 0 aromatic heterocycles. The molecule has 0 spiro atoms. The van der Waals surface area contributed by atoms with Gasteiger partial charge in [0.2, 0.25) is 5.78 Å². The lowest BCUT2D eigenvalue weighted by molar-refractivity contribution is 0.100. The van der Waals surface area contributed by atoms with Gasteiger partial charge in [-0.15, -0.1) is 0 Å². The van der Waals surface area contributed by atoms with Gasteiger partial charge in [0.05, 0.1) is 5.75 Å². The maximum atomic E-state index is 12.0. The van der Waals surface area contributed by atoms with Crippen molar-refractivity contribution in [3.63, 3.8) is 0 Å². The summed E-state index contributed by atoms with van der Waals surface area (Å²) in [5.74, 6) is -0.795. The van der Waals surface area contributed by atoms with E-state index in [9.17, 15) is 13.2 Å². The van der Waals surface area contributed by atoms with Gasteiger partial charge in [0.25, 0.3) is 2.21 Å². The summed E-state index contributed by atoms with van der Waals surface area (Å²) in [4.78, 5) is 12.0. The summed E-state index contributed by atoms with van der Waals surface area (Å²) in [7, 11) is -3.66.